The van der Waals surface area contributed by atoms with Gasteiger partial charge in [0.05, 0.1) is 0 Å². The smallest absolute Gasteiger partial charge is 0.252 e. The second-order valence-corrected chi connectivity index (χ2v) is 3.40. The lowest BCUT2D eigenvalue weighted by atomic mass is 10.2. The van der Waals surface area contributed by atoms with E-state index in [-0.39, 0.29) is 11.3 Å². The Balaban J connectivity index is 3.03. The van der Waals surface area contributed by atoms with Crippen molar-refractivity contribution in [1.82, 2.24) is 0 Å². The van der Waals surface area contributed by atoms with Crippen LogP contribution in [-0.4, -0.2) is 5.24 Å². The number of nitrogens with one attached hydrogen (secondary N) is 1. The second kappa shape index (κ2) is 6.06. The summed E-state index contributed by atoms with van der Waals surface area (Å²) in [5.74, 6) is 0. The van der Waals surface area contributed by atoms with Gasteiger partial charge < -0.3 is 5.32 Å². The Morgan fingerprint density at radius 1 is 1.06 bits per heavy atom. The average molecular weight is 257 g/mol. The number of benzene rings is 1. The average Bonchev–Trinajstić information content (AvgIpc) is 2.39. The van der Waals surface area contributed by atoms with Crippen LogP contribution in [0.2, 0.25) is 0 Å². The maximum absolute atomic E-state index is 10.8. The number of rotatable bonds is 3. The number of allylic oxidation sites excluding steroid dienone is 2. The van der Waals surface area contributed by atoms with E-state index in [1.807, 2.05) is 0 Å². The lowest BCUT2D eigenvalue weighted by Crippen LogP contribution is -2.00. The molecule has 0 aromatic heterocycles. The van der Waals surface area contributed by atoms with Crippen LogP contribution in [0, 0.1) is 34.0 Å². The first kappa shape index (κ1) is 13.3. The first-order valence-electron chi connectivity index (χ1n) is 4.64. The molecule has 0 saturated heterocycles. The van der Waals surface area contributed by atoms with Crippen molar-refractivity contribution in [3.8, 4) is 18.2 Å². The van der Waals surface area contributed by atoms with E-state index in [1.54, 1.807) is 18.2 Å². The Hall–Kier alpha value is -2.81. The summed E-state index contributed by atoms with van der Waals surface area (Å²) in [7, 11) is 0. The van der Waals surface area contributed by atoms with E-state index in [0.29, 0.717) is 11.3 Å². The Morgan fingerprint density at radius 2 is 1.61 bits per heavy atom. The Labute approximate surface area is 108 Å². The summed E-state index contributed by atoms with van der Waals surface area (Å²) in [6.45, 7) is 0. The summed E-state index contributed by atoms with van der Waals surface area (Å²) in [6, 6.07) is 10.9. The van der Waals surface area contributed by atoms with Crippen LogP contribution in [0.1, 0.15) is 10.4 Å². The van der Waals surface area contributed by atoms with Crippen LogP contribution in [0.15, 0.2) is 35.5 Å². The number of hydrogen-bond acceptors (Lipinski definition) is 5. The van der Waals surface area contributed by atoms with Crippen LogP contribution in [0.3, 0.4) is 0 Å². The van der Waals surface area contributed by atoms with Crippen molar-refractivity contribution in [1.29, 1.82) is 15.8 Å². The van der Waals surface area contributed by atoms with Gasteiger partial charge in [-0.05, 0) is 35.9 Å². The van der Waals surface area contributed by atoms with Gasteiger partial charge in [0, 0.05) is 11.3 Å². The molecule has 0 saturated carbocycles. The van der Waals surface area contributed by atoms with Crippen molar-refractivity contribution in [2.45, 2.75) is 0 Å². The largest absolute Gasteiger partial charge is 0.345 e. The van der Waals surface area contributed by atoms with Crippen molar-refractivity contribution in [2.75, 3.05) is 5.32 Å². The Morgan fingerprint density at radius 3 is 2.00 bits per heavy atom. The number of anilines is 1. The highest BCUT2D eigenvalue weighted by Crippen LogP contribution is 2.14. The lowest BCUT2D eigenvalue weighted by Gasteiger charge is -2.04. The Bertz CT molecular complexity index is 610. The van der Waals surface area contributed by atoms with Crippen LogP contribution in [-0.2, 0) is 0 Å². The molecule has 5 nitrogen and oxygen atoms in total. The molecule has 0 fully saturated rings. The zero-order chi connectivity index (χ0) is 13.5. The van der Waals surface area contributed by atoms with Crippen molar-refractivity contribution >= 4 is 22.5 Å². The second-order valence-electron chi connectivity index (χ2n) is 3.06. The van der Waals surface area contributed by atoms with Gasteiger partial charge in [-0.2, -0.15) is 15.8 Å². The summed E-state index contributed by atoms with van der Waals surface area (Å²) in [4.78, 5) is 10.8. The van der Waals surface area contributed by atoms with Crippen molar-refractivity contribution < 1.29 is 4.79 Å². The normalized spacial score (nSPS) is 8.33. The number of carbonyl (C=O) groups excluding carboxylic acids is 1. The van der Waals surface area contributed by atoms with Gasteiger partial charge in [0.25, 0.3) is 5.24 Å². The van der Waals surface area contributed by atoms with Gasteiger partial charge in [-0.15, -0.1) is 0 Å². The van der Waals surface area contributed by atoms with Crippen LogP contribution in [0.25, 0.3) is 0 Å². The topological polar surface area (TPSA) is 100 Å². The van der Waals surface area contributed by atoms with Gasteiger partial charge in [0.15, 0.2) is 5.57 Å². The first-order chi connectivity index (χ1) is 8.62. The molecule has 0 unspecified atom stereocenters. The predicted octanol–water partition coefficient (Wildman–Crippen LogP) is 2.30. The number of halogens is 1. The molecule has 0 spiro atoms. The summed E-state index contributed by atoms with van der Waals surface area (Å²) in [5.41, 5.74) is 0.321. The molecule has 0 aliphatic rings. The molecule has 1 rings (SSSR count). The third-order valence-electron chi connectivity index (χ3n) is 1.97. The fourth-order valence-corrected chi connectivity index (χ4v) is 1.24. The molecule has 0 bridgehead atoms. The zero-order valence-electron chi connectivity index (χ0n) is 8.94. The third kappa shape index (κ3) is 3.09. The molecule has 86 valence electrons. The van der Waals surface area contributed by atoms with Crippen molar-refractivity contribution in [3.05, 3.63) is 41.1 Å². The molecule has 0 aliphatic heterocycles. The fourth-order valence-electron chi connectivity index (χ4n) is 1.11. The van der Waals surface area contributed by atoms with E-state index >= 15 is 0 Å². The van der Waals surface area contributed by atoms with Crippen molar-refractivity contribution in [3.63, 3.8) is 0 Å². The van der Waals surface area contributed by atoms with E-state index in [1.165, 1.54) is 24.3 Å². The molecule has 1 aromatic carbocycles. The van der Waals surface area contributed by atoms with Crippen LogP contribution < -0.4 is 5.32 Å². The van der Waals surface area contributed by atoms with Gasteiger partial charge >= 0.3 is 0 Å². The summed E-state index contributed by atoms with van der Waals surface area (Å²) in [6.07, 6.45) is 0. The van der Waals surface area contributed by atoms with E-state index in [4.69, 9.17) is 27.4 Å². The lowest BCUT2D eigenvalue weighted by molar-refractivity contribution is 0.108. The van der Waals surface area contributed by atoms with E-state index in [2.05, 4.69) is 5.32 Å². The fraction of sp³-hybridized carbons (Fsp3) is 0. The van der Waals surface area contributed by atoms with E-state index < -0.39 is 5.24 Å². The summed E-state index contributed by atoms with van der Waals surface area (Å²) < 4.78 is 0. The van der Waals surface area contributed by atoms with Gasteiger partial charge in [0.2, 0.25) is 0 Å². The molecule has 18 heavy (non-hydrogen) atoms. The number of hydrogen-bond donors (Lipinski definition) is 1. The van der Waals surface area contributed by atoms with Gasteiger partial charge in [-0.25, -0.2) is 0 Å². The maximum atomic E-state index is 10.8. The van der Waals surface area contributed by atoms with Gasteiger partial charge in [-0.1, -0.05) is 0 Å². The van der Waals surface area contributed by atoms with Crippen LogP contribution in [0.5, 0.6) is 0 Å². The molecular weight excluding hydrogens is 252 g/mol. The predicted molar refractivity (Wildman–Crippen MR) is 64.1 cm³/mol. The van der Waals surface area contributed by atoms with E-state index in [9.17, 15) is 4.79 Å². The number of carbonyl (C=O) groups is 1. The highest BCUT2D eigenvalue weighted by Gasteiger charge is 2.06. The monoisotopic (exact) mass is 256 g/mol. The SMILES string of the molecule is N#CC(C#N)=C(C#N)Nc1ccc(C(=O)Cl)cc1. The molecule has 1 aromatic rings. The summed E-state index contributed by atoms with van der Waals surface area (Å²) >= 11 is 5.28. The quantitative estimate of drug-likeness (QED) is 0.660. The number of nitrogens with zero attached hydrogens (tertiary/aromatic N) is 3. The van der Waals surface area contributed by atoms with Gasteiger partial charge in [-0.3, -0.25) is 4.79 Å². The molecule has 1 N–H and O–H groups in total. The van der Waals surface area contributed by atoms with Gasteiger partial charge in [0.1, 0.15) is 23.9 Å². The maximum Gasteiger partial charge on any atom is 0.252 e. The highest BCUT2D eigenvalue weighted by molar-refractivity contribution is 6.67. The first-order valence-corrected chi connectivity index (χ1v) is 5.01. The van der Waals surface area contributed by atoms with Crippen LogP contribution >= 0.6 is 11.6 Å². The molecule has 0 amide bonds. The molecule has 0 atom stereocenters. The molecule has 0 heterocycles. The summed E-state index contributed by atoms with van der Waals surface area (Å²) in [5, 5.41) is 28.1. The van der Waals surface area contributed by atoms with E-state index in [0.717, 1.165) is 0 Å². The number of nitriles is 3. The molecule has 0 aliphatic carbocycles. The molecular formula is C12H5ClN4O. The highest BCUT2D eigenvalue weighted by atomic mass is 35.5. The standard InChI is InChI=1S/C12H5ClN4O/c13-12(18)8-1-3-10(4-2-8)17-11(7-16)9(5-14)6-15/h1-4,17H. The third-order valence-corrected chi connectivity index (χ3v) is 2.18. The molecule has 0 radical (unpaired) electrons. The minimum atomic E-state index is -0.590. The molecule has 6 heteroatoms. The van der Waals surface area contributed by atoms with Crippen LogP contribution in [0.4, 0.5) is 5.69 Å². The minimum Gasteiger partial charge on any atom is -0.345 e. The van der Waals surface area contributed by atoms with Crippen molar-refractivity contribution in [2.24, 2.45) is 0 Å². The zero-order valence-corrected chi connectivity index (χ0v) is 9.69. The Kier molecular flexibility index (Phi) is 4.46. The minimum absolute atomic E-state index is 0.148.